The van der Waals surface area contributed by atoms with Crippen molar-refractivity contribution >= 4 is 17.6 Å². The van der Waals surface area contributed by atoms with Crippen LogP contribution in [-0.4, -0.2) is 18.5 Å². The number of hydrogen-bond donors (Lipinski definition) is 1. The number of benzene rings is 2. The van der Waals surface area contributed by atoms with Gasteiger partial charge in [0.15, 0.2) is 6.61 Å². The standard InChI is InChI=1S/C16H10F5NO3/c17-11-2-1-3-12(18)14(11)22-13(23)8-25-15(24)9-4-6-10(7-5-9)16(19,20)21/h1-7H,8H2,(H,22,23). The molecule has 0 aliphatic rings. The van der Waals surface area contributed by atoms with Crippen LogP contribution in [0.1, 0.15) is 15.9 Å². The molecule has 0 heterocycles. The van der Waals surface area contributed by atoms with Crippen molar-refractivity contribution in [2.75, 3.05) is 11.9 Å². The molecule has 25 heavy (non-hydrogen) atoms. The molecule has 1 amide bonds. The van der Waals surface area contributed by atoms with Crippen molar-refractivity contribution in [3.8, 4) is 0 Å². The molecule has 2 aromatic rings. The van der Waals surface area contributed by atoms with E-state index in [-0.39, 0.29) is 5.56 Å². The third-order valence-corrected chi connectivity index (χ3v) is 3.01. The maximum absolute atomic E-state index is 13.4. The summed E-state index contributed by atoms with van der Waals surface area (Å²) in [5, 5.41) is 1.90. The Kier molecular flexibility index (Phi) is 5.35. The normalized spacial score (nSPS) is 11.1. The Balaban J connectivity index is 1.94. The van der Waals surface area contributed by atoms with Gasteiger partial charge in [-0.05, 0) is 36.4 Å². The molecule has 2 rings (SSSR count). The summed E-state index contributed by atoms with van der Waals surface area (Å²) in [6.45, 7) is -0.867. The van der Waals surface area contributed by atoms with Gasteiger partial charge in [0.05, 0.1) is 11.1 Å². The topological polar surface area (TPSA) is 55.4 Å². The van der Waals surface area contributed by atoms with Crippen molar-refractivity contribution in [1.82, 2.24) is 0 Å². The molecule has 0 saturated carbocycles. The lowest BCUT2D eigenvalue weighted by molar-refractivity contribution is -0.137. The Morgan fingerprint density at radius 3 is 2.04 bits per heavy atom. The van der Waals surface area contributed by atoms with Crippen LogP contribution in [0.15, 0.2) is 42.5 Å². The molecule has 1 N–H and O–H groups in total. The zero-order chi connectivity index (χ0) is 18.6. The Hall–Kier alpha value is -2.97. The van der Waals surface area contributed by atoms with E-state index >= 15 is 0 Å². The van der Waals surface area contributed by atoms with E-state index in [1.807, 2.05) is 5.32 Å². The van der Waals surface area contributed by atoms with Crippen molar-refractivity contribution < 1.29 is 36.3 Å². The van der Waals surface area contributed by atoms with Gasteiger partial charge in [-0.15, -0.1) is 0 Å². The minimum atomic E-state index is -4.55. The number of para-hydroxylation sites is 1. The highest BCUT2D eigenvalue weighted by atomic mass is 19.4. The highest BCUT2D eigenvalue weighted by Gasteiger charge is 2.30. The van der Waals surface area contributed by atoms with Gasteiger partial charge in [-0.25, -0.2) is 13.6 Å². The molecule has 132 valence electrons. The van der Waals surface area contributed by atoms with E-state index in [1.54, 1.807) is 0 Å². The van der Waals surface area contributed by atoms with E-state index in [4.69, 9.17) is 0 Å². The number of esters is 1. The first-order valence-electron chi connectivity index (χ1n) is 6.76. The number of carbonyl (C=O) groups is 2. The third-order valence-electron chi connectivity index (χ3n) is 3.01. The zero-order valence-corrected chi connectivity index (χ0v) is 12.4. The molecule has 4 nitrogen and oxygen atoms in total. The molecule has 0 atom stereocenters. The quantitative estimate of drug-likeness (QED) is 0.668. The van der Waals surface area contributed by atoms with E-state index in [1.165, 1.54) is 0 Å². The van der Waals surface area contributed by atoms with Crippen molar-refractivity contribution in [2.45, 2.75) is 6.18 Å². The van der Waals surface area contributed by atoms with Crippen LogP contribution in [0.25, 0.3) is 0 Å². The molecule has 0 spiro atoms. The average Bonchev–Trinajstić information content (AvgIpc) is 2.55. The molecule has 9 heteroatoms. The molecule has 0 aromatic heterocycles. The third kappa shape index (κ3) is 4.75. The monoisotopic (exact) mass is 359 g/mol. The zero-order valence-electron chi connectivity index (χ0n) is 12.4. The highest BCUT2D eigenvalue weighted by molar-refractivity contribution is 5.95. The fourth-order valence-corrected chi connectivity index (χ4v) is 1.80. The largest absolute Gasteiger partial charge is 0.452 e. The van der Waals surface area contributed by atoms with Crippen LogP contribution in [0.3, 0.4) is 0 Å². The van der Waals surface area contributed by atoms with Crippen LogP contribution in [0.2, 0.25) is 0 Å². The SMILES string of the molecule is O=C(COC(=O)c1ccc(C(F)(F)F)cc1)Nc1c(F)cccc1F. The summed E-state index contributed by atoms with van der Waals surface area (Å²) >= 11 is 0. The minimum absolute atomic E-state index is 0.210. The lowest BCUT2D eigenvalue weighted by atomic mass is 10.1. The number of alkyl halides is 3. The lowest BCUT2D eigenvalue weighted by Crippen LogP contribution is -2.22. The summed E-state index contributed by atoms with van der Waals surface area (Å²) in [6, 6.07) is 6.10. The number of nitrogens with one attached hydrogen (secondary N) is 1. The van der Waals surface area contributed by atoms with Crippen LogP contribution in [0, 0.1) is 11.6 Å². The molecule has 0 radical (unpaired) electrons. The number of ether oxygens (including phenoxy) is 1. The summed E-state index contributed by atoms with van der Waals surface area (Å²) in [6.07, 6.45) is -4.55. The van der Waals surface area contributed by atoms with Crippen LogP contribution in [-0.2, 0) is 15.7 Å². The van der Waals surface area contributed by atoms with E-state index in [2.05, 4.69) is 4.74 Å². The van der Waals surface area contributed by atoms with E-state index in [0.717, 1.165) is 30.3 Å². The van der Waals surface area contributed by atoms with Gasteiger partial charge in [0.25, 0.3) is 5.91 Å². The van der Waals surface area contributed by atoms with Gasteiger partial charge in [-0.2, -0.15) is 13.2 Å². The van der Waals surface area contributed by atoms with Gasteiger partial charge < -0.3 is 10.1 Å². The van der Waals surface area contributed by atoms with Gasteiger partial charge >= 0.3 is 12.1 Å². The molecule has 0 unspecified atom stereocenters. The summed E-state index contributed by atoms with van der Waals surface area (Å²) in [7, 11) is 0. The molecular weight excluding hydrogens is 349 g/mol. The smallest absolute Gasteiger partial charge is 0.416 e. The number of halogens is 5. The fraction of sp³-hybridized carbons (Fsp3) is 0.125. The summed E-state index contributed by atoms with van der Waals surface area (Å²) < 4.78 is 68.5. The molecule has 0 fully saturated rings. The second-order valence-corrected chi connectivity index (χ2v) is 4.80. The second-order valence-electron chi connectivity index (χ2n) is 4.80. The van der Waals surface area contributed by atoms with Gasteiger partial charge in [-0.1, -0.05) is 6.07 Å². The fourth-order valence-electron chi connectivity index (χ4n) is 1.80. The predicted molar refractivity (Wildman–Crippen MR) is 76.7 cm³/mol. The molecule has 0 aliphatic heterocycles. The van der Waals surface area contributed by atoms with Crippen LogP contribution < -0.4 is 5.32 Å². The van der Waals surface area contributed by atoms with Crippen LogP contribution >= 0.6 is 0 Å². The first kappa shape index (κ1) is 18.4. The van der Waals surface area contributed by atoms with Crippen molar-refractivity contribution in [3.05, 3.63) is 65.2 Å². The Labute approximate surface area is 138 Å². The molecule has 0 aliphatic carbocycles. The number of rotatable bonds is 4. The van der Waals surface area contributed by atoms with Crippen LogP contribution in [0.4, 0.5) is 27.6 Å². The Morgan fingerprint density at radius 2 is 1.52 bits per heavy atom. The van der Waals surface area contributed by atoms with Crippen molar-refractivity contribution in [2.24, 2.45) is 0 Å². The molecule has 0 bridgehead atoms. The maximum Gasteiger partial charge on any atom is 0.416 e. The highest BCUT2D eigenvalue weighted by Crippen LogP contribution is 2.29. The first-order chi connectivity index (χ1) is 11.7. The minimum Gasteiger partial charge on any atom is -0.452 e. The molecule has 0 saturated heterocycles. The van der Waals surface area contributed by atoms with Gasteiger partial charge in [0.2, 0.25) is 0 Å². The number of amides is 1. The van der Waals surface area contributed by atoms with E-state index < -0.39 is 47.5 Å². The number of anilines is 1. The second kappa shape index (κ2) is 7.29. The Morgan fingerprint density at radius 1 is 0.960 bits per heavy atom. The summed E-state index contributed by atoms with van der Waals surface area (Å²) in [4.78, 5) is 23.2. The number of carbonyl (C=O) groups excluding carboxylic acids is 2. The number of hydrogen-bond acceptors (Lipinski definition) is 3. The van der Waals surface area contributed by atoms with Crippen LogP contribution in [0.5, 0.6) is 0 Å². The molecular formula is C16H10F5NO3. The van der Waals surface area contributed by atoms with E-state index in [0.29, 0.717) is 12.1 Å². The first-order valence-corrected chi connectivity index (χ1v) is 6.76. The van der Waals surface area contributed by atoms with E-state index in [9.17, 15) is 31.5 Å². The Bertz CT molecular complexity index is 767. The van der Waals surface area contributed by atoms with Crippen molar-refractivity contribution in [1.29, 1.82) is 0 Å². The maximum atomic E-state index is 13.4. The van der Waals surface area contributed by atoms with Gasteiger partial charge in [-0.3, -0.25) is 4.79 Å². The average molecular weight is 359 g/mol. The lowest BCUT2D eigenvalue weighted by Gasteiger charge is -2.09. The van der Waals surface area contributed by atoms with Gasteiger partial charge in [0, 0.05) is 0 Å². The summed E-state index contributed by atoms with van der Waals surface area (Å²) in [5.41, 5.74) is -1.85. The van der Waals surface area contributed by atoms with Crippen molar-refractivity contribution in [3.63, 3.8) is 0 Å². The molecule has 2 aromatic carbocycles. The van der Waals surface area contributed by atoms with Gasteiger partial charge in [0.1, 0.15) is 17.3 Å². The predicted octanol–water partition coefficient (Wildman–Crippen LogP) is 3.78. The summed E-state index contributed by atoms with van der Waals surface area (Å²) in [5.74, 6) is -4.09.